The van der Waals surface area contributed by atoms with Gasteiger partial charge in [-0.2, -0.15) is 0 Å². The van der Waals surface area contributed by atoms with Gasteiger partial charge < -0.3 is 10.1 Å². The molecule has 0 spiro atoms. The number of carboxylic acid groups (broad SMARTS) is 1. The molecule has 0 aliphatic carbocycles. The van der Waals surface area contributed by atoms with Crippen molar-refractivity contribution in [2.45, 2.75) is 17.2 Å². The standard InChI is InChI=1S/C7H7BrN2O3S/c1-3(7(12)13)14-6-4(8)5(11)9-2-10-6/h2-3H,1H3,(H,12,13)(H,9,10,11). The minimum atomic E-state index is -0.941. The summed E-state index contributed by atoms with van der Waals surface area (Å²) < 4.78 is 0.262. The van der Waals surface area contributed by atoms with Crippen LogP contribution in [0.5, 0.6) is 0 Å². The fourth-order valence-corrected chi connectivity index (χ4v) is 1.91. The van der Waals surface area contributed by atoms with Crippen LogP contribution in [0.2, 0.25) is 0 Å². The second kappa shape index (κ2) is 4.61. The van der Waals surface area contributed by atoms with Gasteiger partial charge in [0.05, 0.1) is 6.33 Å². The van der Waals surface area contributed by atoms with Crippen LogP contribution < -0.4 is 5.56 Å². The Bertz CT molecular complexity index is 406. The third kappa shape index (κ3) is 2.58. The minimum Gasteiger partial charge on any atom is -0.480 e. The predicted octanol–water partition coefficient (Wildman–Crippen LogP) is 1.10. The number of hydrogen-bond acceptors (Lipinski definition) is 4. The normalized spacial score (nSPS) is 12.4. The zero-order valence-corrected chi connectivity index (χ0v) is 9.55. The molecule has 1 aromatic rings. The number of carboxylic acids is 1. The summed E-state index contributed by atoms with van der Waals surface area (Å²) in [5.74, 6) is -0.941. The number of rotatable bonds is 3. The van der Waals surface area contributed by atoms with Crippen LogP contribution in [0.15, 0.2) is 20.6 Å². The molecule has 5 nitrogen and oxygen atoms in total. The first-order valence-corrected chi connectivity index (χ1v) is 5.32. The Morgan fingerprint density at radius 1 is 1.79 bits per heavy atom. The molecular weight excluding hydrogens is 272 g/mol. The molecule has 0 bridgehead atoms. The van der Waals surface area contributed by atoms with Crippen LogP contribution in [-0.4, -0.2) is 26.3 Å². The average molecular weight is 279 g/mol. The van der Waals surface area contributed by atoms with Crippen LogP contribution in [0.1, 0.15) is 6.92 Å². The van der Waals surface area contributed by atoms with E-state index in [4.69, 9.17) is 5.11 Å². The zero-order valence-electron chi connectivity index (χ0n) is 7.15. The maximum atomic E-state index is 11.1. The van der Waals surface area contributed by atoms with E-state index in [1.807, 2.05) is 0 Å². The largest absolute Gasteiger partial charge is 0.480 e. The molecule has 0 fully saturated rings. The van der Waals surface area contributed by atoms with Crippen LogP contribution in [0.25, 0.3) is 0 Å². The van der Waals surface area contributed by atoms with Gasteiger partial charge in [-0.15, -0.1) is 0 Å². The number of hydrogen-bond donors (Lipinski definition) is 2. The summed E-state index contributed by atoms with van der Waals surface area (Å²) in [6, 6.07) is 0. The molecule has 0 amide bonds. The summed E-state index contributed by atoms with van der Waals surface area (Å²) in [5.41, 5.74) is -0.319. The van der Waals surface area contributed by atoms with E-state index in [2.05, 4.69) is 25.9 Å². The Labute approximate surface area is 92.1 Å². The highest BCUT2D eigenvalue weighted by Crippen LogP contribution is 2.25. The van der Waals surface area contributed by atoms with Crippen LogP contribution in [0, 0.1) is 0 Å². The van der Waals surface area contributed by atoms with E-state index >= 15 is 0 Å². The van der Waals surface area contributed by atoms with Crippen molar-refractivity contribution >= 4 is 33.7 Å². The van der Waals surface area contributed by atoms with Gasteiger partial charge in [0.2, 0.25) is 0 Å². The van der Waals surface area contributed by atoms with E-state index < -0.39 is 11.2 Å². The average Bonchev–Trinajstić information content (AvgIpc) is 2.12. The number of H-pyrrole nitrogens is 1. The maximum absolute atomic E-state index is 11.1. The van der Waals surface area contributed by atoms with Gasteiger partial charge in [0.15, 0.2) is 0 Å². The maximum Gasteiger partial charge on any atom is 0.316 e. The van der Waals surface area contributed by atoms with E-state index in [0.29, 0.717) is 5.03 Å². The van der Waals surface area contributed by atoms with Crippen LogP contribution in [0.3, 0.4) is 0 Å². The van der Waals surface area contributed by atoms with E-state index in [-0.39, 0.29) is 10.0 Å². The zero-order chi connectivity index (χ0) is 10.7. The second-order valence-corrected chi connectivity index (χ2v) is 4.57. The third-order valence-corrected chi connectivity index (χ3v) is 3.49. The summed E-state index contributed by atoms with van der Waals surface area (Å²) in [6.45, 7) is 1.53. The number of carbonyl (C=O) groups is 1. The Morgan fingerprint density at radius 3 is 3.00 bits per heavy atom. The Hall–Kier alpha value is -0.820. The Balaban J connectivity index is 2.92. The molecular formula is C7H7BrN2O3S. The highest BCUT2D eigenvalue weighted by molar-refractivity contribution is 9.10. The molecule has 0 radical (unpaired) electrons. The Morgan fingerprint density at radius 2 is 2.43 bits per heavy atom. The molecule has 76 valence electrons. The fraction of sp³-hybridized carbons (Fsp3) is 0.286. The molecule has 1 aromatic heterocycles. The van der Waals surface area contributed by atoms with Gasteiger partial charge in [-0.05, 0) is 22.9 Å². The molecule has 0 aliphatic heterocycles. The van der Waals surface area contributed by atoms with Crippen molar-refractivity contribution in [3.05, 3.63) is 21.2 Å². The van der Waals surface area contributed by atoms with E-state index in [1.165, 1.54) is 13.3 Å². The van der Waals surface area contributed by atoms with Gasteiger partial charge in [0.25, 0.3) is 5.56 Å². The van der Waals surface area contributed by atoms with Gasteiger partial charge in [-0.3, -0.25) is 9.59 Å². The van der Waals surface area contributed by atoms with Crippen molar-refractivity contribution in [3.63, 3.8) is 0 Å². The molecule has 7 heteroatoms. The third-order valence-electron chi connectivity index (χ3n) is 1.40. The van der Waals surface area contributed by atoms with Crippen LogP contribution in [-0.2, 0) is 4.79 Å². The molecule has 0 aliphatic rings. The second-order valence-electron chi connectivity index (χ2n) is 2.45. The SMILES string of the molecule is CC(Sc1nc[nH]c(=O)c1Br)C(=O)O. The van der Waals surface area contributed by atoms with Gasteiger partial charge >= 0.3 is 5.97 Å². The summed E-state index contributed by atoms with van der Waals surface area (Å²) in [5, 5.41) is 8.39. The van der Waals surface area contributed by atoms with Gasteiger partial charge in [0, 0.05) is 0 Å². The van der Waals surface area contributed by atoms with E-state index in [0.717, 1.165) is 11.8 Å². The topological polar surface area (TPSA) is 83.0 Å². The number of nitrogens with zero attached hydrogens (tertiary/aromatic N) is 1. The quantitative estimate of drug-likeness (QED) is 0.639. The van der Waals surface area contributed by atoms with Crippen molar-refractivity contribution in [2.75, 3.05) is 0 Å². The van der Waals surface area contributed by atoms with Crippen LogP contribution in [0.4, 0.5) is 0 Å². The first-order chi connectivity index (χ1) is 6.52. The lowest BCUT2D eigenvalue weighted by atomic mass is 10.5. The first kappa shape index (κ1) is 11.3. The summed E-state index contributed by atoms with van der Waals surface area (Å²) in [4.78, 5) is 27.9. The number of halogens is 1. The highest BCUT2D eigenvalue weighted by Gasteiger charge is 2.16. The lowest BCUT2D eigenvalue weighted by Gasteiger charge is -2.05. The van der Waals surface area contributed by atoms with Crippen molar-refractivity contribution in [1.29, 1.82) is 0 Å². The molecule has 0 aromatic carbocycles. The number of thioether (sulfide) groups is 1. The summed E-state index contributed by atoms with van der Waals surface area (Å²) >= 11 is 4.05. The van der Waals surface area contributed by atoms with Crippen molar-refractivity contribution in [2.24, 2.45) is 0 Å². The first-order valence-electron chi connectivity index (χ1n) is 3.65. The molecule has 2 N–H and O–H groups in total. The minimum absolute atomic E-state index is 0.262. The molecule has 1 heterocycles. The van der Waals surface area contributed by atoms with Crippen molar-refractivity contribution in [1.82, 2.24) is 9.97 Å². The predicted molar refractivity (Wildman–Crippen MR) is 55.5 cm³/mol. The smallest absolute Gasteiger partial charge is 0.316 e. The van der Waals surface area contributed by atoms with Gasteiger partial charge in [-0.25, -0.2) is 4.98 Å². The Kier molecular flexibility index (Phi) is 3.70. The number of aromatic amines is 1. The van der Waals surface area contributed by atoms with E-state index in [1.54, 1.807) is 0 Å². The van der Waals surface area contributed by atoms with Crippen molar-refractivity contribution in [3.8, 4) is 0 Å². The number of nitrogens with one attached hydrogen (secondary N) is 1. The monoisotopic (exact) mass is 278 g/mol. The molecule has 1 unspecified atom stereocenters. The number of aliphatic carboxylic acids is 1. The highest BCUT2D eigenvalue weighted by atomic mass is 79.9. The fourth-order valence-electron chi connectivity index (χ4n) is 0.667. The van der Waals surface area contributed by atoms with Crippen LogP contribution >= 0.6 is 27.7 Å². The number of aromatic nitrogens is 2. The molecule has 0 saturated heterocycles. The van der Waals surface area contributed by atoms with E-state index in [9.17, 15) is 9.59 Å². The molecule has 0 saturated carbocycles. The molecule has 14 heavy (non-hydrogen) atoms. The lowest BCUT2D eigenvalue weighted by molar-refractivity contribution is -0.136. The van der Waals surface area contributed by atoms with Gasteiger partial charge in [0.1, 0.15) is 14.7 Å². The lowest BCUT2D eigenvalue weighted by Crippen LogP contribution is -2.14. The van der Waals surface area contributed by atoms with Crippen molar-refractivity contribution < 1.29 is 9.90 Å². The summed E-state index contributed by atoms with van der Waals surface area (Å²) in [6.07, 6.45) is 1.24. The molecule has 1 atom stereocenters. The van der Waals surface area contributed by atoms with Gasteiger partial charge in [-0.1, -0.05) is 11.8 Å². The molecule has 1 rings (SSSR count). The summed E-state index contributed by atoms with van der Waals surface area (Å²) in [7, 11) is 0.